The molecule has 0 aliphatic rings. The Bertz CT molecular complexity index is 800. The summed E-state index contributed by atoms with van der Waals surface area (Å²) in [4.78, 5) is 0. The molecular formula is C16H14ClIN2O. The molecule has 0 aliphatic carbocycles. The van der Waals surface area contributed by atoms with E-state index in [-0.39, 0.29) is 6.04 Å². The lowest BCUT2D eigenvalue weighted by molar-refractivity contribution is 0.477. The van der Waals surface area contributed by atoms with Crippen LogP contribution in [0, 0.1) is 10.5 Å². The van der Waals surface area contributed by atoms with Crippen molar-refractivity contribution in [3.63, 3.8) is 0 Å². The lowest BCUT2D eigenvalue weighted by Gasteiger charge is -2.14. The maximum atomic E-state index is 6.20. The summed E-state index contributed by atoms with van der Waals surface area (Å²) in [6, 6.07) is 13.8. The zero-order valence-corrected chi connectivity index (χ0v) is 14.3. The molecule has 0 saturated carbocycles. The van der Waals surface area contributed by atoms with E-state index in [1.807, 2.05) is 36.4 Å². The summed E-state index contributed by atoms with van der Waals surface area (Å²) in [6.45, 7) is 2.06. The first-order chi connectivity index (χ1) is 10.1. The molecule has 5 heteroatoms. The number of nitrogens with two attached hydrogens (primary N) is 1. The number of hydrogen-bond donors (Lipinski definition) is 2. The van der Waals surface area contributed by atoms with Gasteiger partial charge in [0.2, 0.25) is 0 Å². The predicted molar refractivity (Wildman–Crippen MR) is 94.3 cm³/mol. The number of fused-ring (bicyclic) bond motifs is 1. The topological polar surface area (TPSA) is 51.2 Å². The molecule has 0 bridgehead atoms. The van der Waals surface area contributed by atoms with Gasteiger partial charge in [-0.2, -0.15) is 0 Å². The van der Waals surface area contributed by atoms with E-state index in [9.17, 15) is 0 Å². The van der Waals surface area contributed by atoms with Crippen LogP contribution >= 0.6 is 34.2 Å². The predicted octanol–water partition coefficient (Wildman–Crippen LogP) is 4.55. The highest BCUT2D eigenvalue weighted by atomic mass is 127. The molecule has 2 aromatic carbocycles. The van der Waals surface area contributed by atoms with Gasteiger partial charge in [-0.25, -0.2) is 5.43 Å². The van der Waals surface area contributed by atoms with Crippen LogP contribution in [0.25, 0.3) is 11.0 Å². The highest BCUT2D eigenvalue weighted by Crippen LogP contribution is 2.30. The van der Waals surface area contributed by atoms with Gasteiger partial charge in [-0.15, -0.1) is 0 Å². The smallest absolute Gasteiger partial charge is 0.134 e. The third kappa shape index (κ3) is 2.94. The van der Waals surface area contributed by atoms with Gasteiger partial charge >= 0.3 is 0 Å². The average molecular weight is 413 g/mol. The first kappa shape index (κ1) is 14.8. The minimum atomic E-state index is -0.229. The van der Waals surface area contributed by atoms with E-state index in [0.717, 1.165) is 25.9 Å². The molecule has 0 aliphatic heterocycles. The van der Waals surface area contributed by atoms with Crippen molar-refractivity contribution in [2.24, 2.45) is 5.84 Å². The van der Waals surface area contributed by atoms with Crippen LogP contribution in [0.4, 0.5) is 0 Å². The van der Waals surface area contributed by atoms with Crippen LogP contribution in [-0.4, -0.2) is 0 Å². The van der Waals surface area contributed by atoms with Gasteiger partial charge in [0.1, 0.15) is 17.4 Å². The summed E-state index contributed by atoms with van der Waals surface area (Å²) >= 11 is 8.39. The largest absolute Gasteiger partial charge is 0.459 e. The fourth-order valence-electron chi connectivity index (χ4n) is 2.36. The van der Waals surface area contributed by atoms with Crippen molar-refractivity contribution < 1.29 is 4.42 Å². The molecule has 0 saturated heterocycles. The van der Waals surface area contributed by atoms with Gasteiger partial charge < -0.3 is 4.42 Å². The number of aryl methyl sites for hydroxylation is 1. The second-order valence-electron chi connectivity index (χ2n) is 4.96. The Morgan fingerprint density at radius 1 is 1.19 bits per heavy atom. The molecule has 0 spiro atoms. The molecule has 0 radical (unpaired) electrons. The number of halogens is 2. The summed E-state index contributed by atoms with van der Waals surface area (Å²) in [5.41, 5.74) is 5.83. The van der Waals surface area contributed by atoms with Crippen molar-refractivity contribution in [3.8, 4) is 0 Å². The summed E-state index contributed by atoms with van der Waals surface area (Å²) in [7, 11) is 0. The Labute approximate surface area is 141 Å². The highest BCUT2D eigenvalue weighted by molar-refractivity contribution is 14.1. The molecular weight excluding hydrogens is 399 g/mol. The van der Waals surface area contributed by atoms with E-state index in [1.54, 1.807) is 0 Å². The van der Waals surface area contributed by atoms with Gasteiger partial charge in [-0.3, -0.25) is 5.84 Å². The lowest BCUT2D eigenvalue weighted by atomic mass is 10.0. The molecule has 1 aromatic heterocycles. The Balaban J connectivity index is 2.06. The zero-order chi connectivity index (χ0) is 15.0. The summed E-state index contributed by atoms with van der Waals surface area (Å²) in [5, 5.41) is 1.78. The molecule has 3 rings (SSSR count). The number of benzene rings is 2. The maximum Gasteiger partial charge on any atom is 0.134 e. The Morgan fingerprint density at radius 2 is 2.00 bits per heavy atom. The molecule has 0 fully saturated rings. The summed E-state index contributed by atoms with van der Waals surface area (Å²) in [6.07, 6.45) is 0. The van der Waals surface area contributed by atoms with Crippen molar-refractivity contribution in [2.75, 3.05) is 0 Å². The molecule has 1 heterocycles. The molecule has 1 atom stereocenters. The van der Waals surface area contributed by atoms with E-state index < -0.39 is 0 Å². The third-order valence-electron chi connectivity index (χ3n) is 3.42. The van der Waals surface area contributed by atoms with Crippen LogP contribution in [-0.2, 0) is 0 Å². The van der Waals surface area contributed by atoms with Gasteiger partial charge in [0, 0.05) is 8.96 Å². The quantitative estimate of drug-likeness (QED) is 0.377. The Hall–Kier alpha value is -1.08. The zero-order valence-electron chi connectivity index (χ0n) is 11.4. The lowest BCUT2D eigenvalue weighted by Crippen LogP contribution is -2.28. The first-order valence-electron chi connectivity index (χ1n) is 6.49. The van der Waals surface area contributed by atoms with E-state index in [1.165, 1.54) is 5.56 Å². The van der Waals surface area contributed by atoms with Crippen molar-refractivity contribution in [1.29, 1.82) is 0 Å². The van der Waals surface area contributed by atoms with Gasteiger partial charge in [-0.1, -0.05) is 29.3 Å². The number of furan rings is 1. The molecule has 3 N–H and O–H groups in total. The van der Waals surface area contributed by atoms with Gasteiger partial charge in [0.15, 0.2) is 0 Å². The van der Waals surface area contributed by atoms with Crippen molar-refractivity contribution in [3.05, 3.63) is 67.9 Å². The van der Waals surface area contributed by atoms with Crippen molar-refractivity contribution in [2.45, 2.75) is 13.0 Å². The SMILES string of the molecule is Cc1ccc2oc(C(NN)c3ccc(I)c(Cl)c3)cc2c1. The van der Waals surface area contributed by atoms with E-state index in [4.69, 9.17) is 21.9 Å². The maximum absolute atomic E-state index is 6.20. The minimum Gasteiger partial charge on any atom is -0.459 e. The van der Waals surface area contributed by atoms with Crippen LogP contribution < -0.4 is 11.3 Å². The van der Waals surface area contributed by atoms with E-state index in [2.05, 4.69) is 41.0 Å². The van der Waals surface area contributed by atoms with Gasteiger partial charge in [0.25, 0.3) is 0 Å². The normalized spacial score (nSPS) is 12.8. The van der Waals surface area contributed by atoms with Crippen molar-refractivity contribution in [1.82, 2.24) is 5.43 Å². The fourth-order valence-corrected chi connectivity index (χ4v) is 2.88. The van der Waals surface area contributed by atoms with Crippen LogP contribution in [0.1, 0.15) is 22.9 Å². The number of hydrogen-bond acceptors (Lipinski definition) is 3. The number of hydrazine groups is 1. The van der Waals surface area contributed by atoms with E-state index in [0.29, 0.717) is 5.02 Å². The average Bonchev–Trinajstić information content (AvgIpc) is 2.86. The number of nitrogens with one attached hydrogen (secondary N) is 1. The molecule has 3 aromatic rings. The van der Waals surface area contributed by atoms with Crippen LogP contribution in [0.15, 0.2) is 46.9 Å². The minimum absolute atomic E-state index is 0.229. The Morgan fingerprint density at radius 3 is 2.71 bits per heavy atom. The molecule has 1 unspecified atom stereocenters. The van der Waals surface area contributed by atoms with Gasteiger partial charge in [0.05, 0.1) is 5.02 Å². The van der Waals surface area contributed by atoms with Crippen molar-refractivity contribution >= 4 is 45.2 Å². The first-order valence-corrected chi connectivity index (χ1v) is 7.95. The molecule has 3 nitrogen and oxygen atoms in total. The van der Waals surface area contributed by atoms with E-state index >= 15 is 0 Å². The van der Waals surface area contributed by atoms with Gasteiger partial charge in [-0.05, 0) is 65.4 Å². The second kappa shape index (κ2) is 5.96. The summed E-state index contributed by atoms with van der Waals surface area (Å²) in [5.74, 6) is 6.50. The van der Waals surface area contributed by atoms with Crippen LogP contribution in [0.3, 0.4) is 0 Å². The molecule has 108 valence electrons. The second-order valence-corrected chi connectivity index (χ2v) is 6.53. The highest BCUT2D eigenvalue weighted by Gasteiger charge is 2.18. The summed E-state index contributed by atoms with van der Waals surface area (Å²) < 4.78 is 6.92. The monoisotopic (exact) mass is 412 g/mol. The molecule has 21 heavy (non-hydrogen) atoms. The van der Waals surface area contributed by atoms with Crippen LogP contribution in [0.2, 0.25) is 5.02 Å². The molecule has 0 amide bonds. The third-order valence-corrected chi connectivity index (χ3v) is 4.99. The van der Waals surface area contributed by atoms with Crippen LogP contribution in [0.5, 0.6) is 0 Å². The fraction of sp³-hybridized carbons (Fsp3) is 0.125. The number of rotatable bonds is 3. The standard InChI is InChI=1S/C16H14ClIN2O/c1-9-2-5-14-11(6-9)8-15(21-14)16(20-19)10-3-4-13(18)12(17)7-10/h2-8,16,20H,19H2,1H3. The Kier molecular flexibility index (Phi) is 4.21.